The molecule has 1 saturated carbocycles. The molecular weight excluding hydrogens is 208 g/mol. The van der Waals surface area contributed by atoms with E-state index in [1.165, 1.54) is 12.8 Å². The van der Waals surface area contributed by atoms with Gasteiger partial charge < -0.3 is 10.6 Å². The van der Waals surface area contributed by atoms with Crippen molar-refractivity contribution in [2.45, 2.75) is 42.9 Å². The number of nitrogens with one attached hydrogen (secondary N) is 2. The molecule has 2 rings (SSSR count). The van der Waals surface area contributed by atoms with Gasteiger partial charge in [-0.15, -0.1) is 0 Å². The highest BCUT2D eigenvalue weighted by atomic mass is 32.2. The summed E-state index contributed by atoms with van der Waals surface area (Å²) in [6, 6.07) is 0.0529. The maximum atomic E-state index is 11.7. The van der Waals surface area contributed by atoms with E-state index in [0.717, 1.165) is 32.4 Å². The molecule has 2 aliphatic rings. The number of carbonyl (C=O) groups excluding carboxylic acids is 1. The Morgan fingerprint density at radius 3 is 3.00 bits per heavy atom. The first-order chi connectivity index (χ1) is 7.26. The molecule has 0 spiro atoms. The van der Waals surface area contributed by atoms with Gasteiger partial charge in [0, 0.05) is 17.8 Å². The molecule has 0 aromatic heterocycles. The van der Waals surface area contributed by atoms with Crippen LogP contribution in [0.25, 0.3) is 0 Å². The lowest BCUT2D eigenvalue weighted by molar-refractivity contribution is -0.122. The van der Waals surface area contributed by atoms with Crippen LogP contribution in [0.1, 0.15) is 32.1 Å². The van der Waals surface area contributed by atoms with E-state index in [4.69, 9.17) is 0 Å². The SMILES string of the molecule is CSC1(CNC2CCCCNC2=O)CC1. The summed E-state index contributed by atoms with van der Waals surface area (Å²) in [5.41, 5.74) is 0. The molecule has 2 fully saturated rings. The fourth-order valence-electron chi connectivity index (χ4n) is 2.04. The zero-order valence-corrected chi connectivity index (χ0v) is 10.2. The maximum Gasteiger partial charge on any atom is 0.237 e. The zero-order chi connectivity index (χ0) is 10.7. The lowest BCUT2D eigenvalue weighted by atomic mass is 10.1. The van der Waals surface area contributed by atoms with Crippen molar-refractivity contribution in [2.24, 2.45) is 0 Å². The van der Waals surface area contributed by atoms with Gasteiger partial charge in [0.05, 0.1) is 6.04 Å². The van der Waals surface area contributed by atoms with E-state index in [1.807, 2.05) is 11.8 Å². The summed E-state index contributed by atoms with van der Waals surface area (Å²) in [7, 11) is 0. The van der Waals surface area contributed by atoms with Gasteiger partial charge in [-0.25, -0.2) is 0 Å². The van der Waals surface area contributed by atoms with Gasteiger partial charge in [-0.1, -0.05) is 0 Å². The van der Waals surface area contributed by atoms with Crippen LogP contribution in [0.5, 0.6) is 0 Å². The van der Waals surface area contributed by atoms with Gasteiger partial charge in [0.1, 0.15) is 0 Å². The van der Waals surface area contributed by atoms with Crippen molar-refractivity contribution in [3.63, 3.8) is 0 Å². The molecule has 2 N–H and O–H groups in total. The smallest absolute Gasteiger partial charge is 0.237 e. The van der Waals surface area contributed by atoms with Gasteiger partial charge >= 0.3 is 0 Å². The number of amides is 1. The summed E-state index contributed by atoms with van der Waals surface area (Å²) in [5, 5.41) is 6.39. The van der Waals surface area contributed by atoms with Crippen LogP contribution in [0.2, 0.25) is 0 Å². The molecule has 0 bridgehead atoms. The highest BCUT2D eigenvalue weighted by Gasteiger charge is 2.42. The molecular formula is C11H20N2OS. The second-order valence-corrected chi connectivity index (χ2v) is 5.88. The minimum atomic E-state index is 0.0529. The van der Waals surface area contributed by atoms with E-state index in [9.17, 15) is 4.79 Å². The highest BCUT2D eigenvalue weighted by molar-refractivity contribution is 8.00. The third kappa shape index (κ3) is 2.88. The highest BCUT2D eigenvalue weighted by Crippen LogP contribution is 2.46. The fraction of sp³-hybridized carbons (Fsp3) is 0.909. The Balaban J connectivity index is 1.79. The molecule has 4 heteroatoms. The molecule has 1 heterocycles. The number of carbonyl (C=O) groups is 1. The van der Waals surface area contributed by atoms with Crippen molar-refractivity contribution < 1.29 is 4.79 Å². The molecule has 1 aliphatic heterocycles. The Morgan fingerprint density at radius 1 is 1.53 bits per heavy atom. The van der Waals surface area contributed by atoms with Gasteiger partial charge in [-0.3, -0.25) is 4.79 Å². The molecule has 1 amide bonds. The van der Waals surface area contributed by atoms with Crippen molar-refractivity contribution in [3.05, 3.63) is 0 Å². The zero-order valence-electron chi connectivity index (χ0n) is 9.34. The minimum Gasteiger partial charge on any atom is -0.355 e. The largest absolute Gasteiger partial charge is 0.355 e. The molecule has 1 atom stereocenters. The third-order valence-electron chi connectivity index (χ3n) is 3.45. The third-order valence-corrected chi connectivity index (χ3v) is 4.87. The molecule has 1 aliphatic carbocycles. The molecule has 1 unspecified atom stereocenters. The quantitative estimate of drug-likeness (QED) is 0.758. The van der Waals surface area contributed by atoms with E-state index in [-0.39, 0.29) is 11.9 Å². The standard InChI is InChI=1S/C11H20N2OS/c1-15-11(5-6-11)8-13-9-4-2-3-7-12-10(9)14/h9,13H,2-8H2,1H3,(H,12,14). The van der Waals surface area contributed by atoms with Crippen LogP contribution in [-0.4, -0.2) is 36.0 Å². The average Bonchev–Trinajstić information content (AvgIpc) is 3.02. The molecule has 0 aromatic rings. The molecule has 3 nitrogen and oxygen atoms in total. The normalized spacial score (nSPS) is 29.4. The fourth-order valence-corrected chi connectivity index (χ4v) is 2.77. The van der Waals surface area contributed by atoms with Crippen molar-refractivity contribution in [2.75, 3.05) is 19.3 Å². The van der Waals surface area contributed by atoms with Gasteiger partial charge in [-0.2, -0.15) is 11.8 Å². The summed E-state index contributed by atoms with van der Waals surface area (Å²) in [4.78, 5) is 11.7. The number of rotatable bonds is 4. The Hall–Kier alpha value is -0.220. The molecule has 86 valence electrons. The summed E-state index contributed by atoms with van der Waals surface area (Å²) < 4.78 is 0.451. The Morgan fingerprint density at radius 2 is 2.33 bits per heavy atom. The average molecular weight is 228 g/mol. The van der Waals surface area contributed by atoms with Gasteiger partial charge in [0.15, 0.2) is 0 Å². The lowest BCUT2D eigenvalue weighted by Crippen LogP contribution is -2.45. The summed E-state index contributed by atoms with van der Waals surface area (Å²) in [6.07, 6.45) is 8.05. The van der Waals surface area contributed by atoms with Crippen LogP contribution in [0.15, 0.2) is 0 Å². The topological polar surface area (TPSA) is 41.1 Å². The summed E-state index contributed by atoms with van der Waals surface area (Å²) in [6.45, 7) is 1.84. The van der Waals surface area contributed by atoms with Crippen LogP contribution in [0, 0.1) is 0 Å². The monoisotopic (exact) mass is 228 g/mol. The second-order valence-electron chi connectivity index (χ2n) is 4.61. The number of hydrogen-bond acceptors (Lipinski definition) is 3. The van der Waals surface area contributed by atoms with Gasteiger partial charge in [0.25, 0.3) is 0 Å². The van der Waals surface area contributed by atoms with Crippen molar-refractivity contribution >= 4 is 17.7 Å². The van der Waals surface area contributed by atoms with Crippen molar-refractivity contribution in [1.82, 2.24) is 10.6 Å². The lowest BCUT2D eigenvalue weighted by Gasteiger charge is -2.19. The molecule has 0 aromatic carbocycles. The number of thioether (sulfide) groups is 1. The van der Waals surface area contributed by atoms with Gasteiger partial charge in [0.2, 0.25) is 5.91 Å². The van der Waals surface area contributed by atoms with Crippen LogP contribution in [0.4, 0.5) is 0 Å². The first-order valence-electron chi connectivity index (χ1n) is 5.82. The maximum absolute atomic E-state index is 11.7. The Bertz CT molecular complexity index is 241. The first-order valence-corrected chi connectivity index (χ1v) is 7.04. The van der Waals surface area contributed by atoms with E-state index < -0.39 is 0 Å². The molecule has 0 radical (unpaired) electrons. The van der Waals surface area contributed by atoms with Crippen LogP contribution < -0.4 is 10.6 Å². The van der Waals surface area contributed by atoms with Gasteiger partial charge in [-0.05, 0) is 38.4 Å². The van der Waals surface area contributed by atoms with E-state index in [0.29, 0.717) is 4.75 Å². The summed E-state index contributed by atoms with van der Waals surface area (Å²) >= 11 is 1.94. The Labute approximate surface area is 95.8 Å². The van der Waals surface area contributed by atoms with Crippen LogP contribution in [0.3, 0.4) is 0 Å². The predicted octanol–water partition coefficient (Wildman–Crippen LogP) is 1.14. The van der Waals surface area contributed by atoms with E-state index in [1.54, 1.807) is 0 Å². The molecule has 15 heavy (non-hydrogen) atoms. The van der Waals surface area contributed by atoms with E-state index in [2.05, 4.69) is 16.9 Å². The first kappa shape index (κ1) is 11.3. The molecule has 1 saturated heterocycles. The van der Waals surface area contributed by atoms with Crippen molar-refractivity contribution in [1.29, 1.82) is 0 Å². The van der Waals surface area contributed by atoms with Crippen molar-refractivity contribution in [3.8, 4) is 0 Å². The second kappa shape index (κ2) is 4.74. The number of hydrogen-bond donors (Lipinski definition) is 2. The van der Waals surface area contributed by atoms with Crippen LogP contribution in [-0.2, 0) is 4.79 Å². The summed E-state index contributed by atoms with van der Waals surface area (Å²) in [5.74, 6) is 0.199. The Kier molecular flexibility index (Phi) is 3.57. The van der Waals surface area contributed by atoms with Crippen LogP contribution >= 0.6 is 11.8 Å². The van der Waals surface area contributed by atoms with E-state index >= 15 is 0 Å². The predicted molar refractivity (Wildman–Crippen MR) is 64.1 cm³/mol. The minimum absolute atomic E-state index is 0.0529.